The van der Waals surface area contributed by atoms with Crippen LogP contribution in [0.5, 0.6) is 11.5 Å². The normalized spacial score (nSPS) is 10.2. The molecule has 2 N–H and O–H groups in total. The summed E-state index contributed by atoms with van der Waals surface area (Å²) in [5, 5.41) is 6.21. The van der Waals surface area contributed by atoms with Crippen molar-refractivity contribution in [2.75, 3.05) is 19.5 Å². The first-order valence-corrected chi connectivity index (χ1v) is 7.05. The van der Waals surface area contributed by atoms with E-state index in [1.165, 1.54) is 13.3 Å². The van der Waals surface area contributed by atoms with E-state index in [4.69, 9.17) is 9.47 Å². The number of carbonyl (C=O) groups is 2. The number of hydrogen-bond acceptors (Lipinski definition) is 5. The van der Waals surface area contributed by atoms with Gasteiger partial charge in [0, 0.05) is 11.8 Å². The standard InChI is InChI=1S/C17H17N3O4/c1-23-14-7-3-5-12(9-14)11-18-20-17(22)16(21)19-13-6-4-8-15(10-13)24-2/h3-11H,1-2H3,(H,19,21)(H,20,22). The number of ether oxygens (including phenoxy) is 2. The number of nitrogens with one attached hydrogen (secondary N) is 2. The summed E-state index contributed by atoms with van der Waals surface area (Å²) >= 11 is 0. The third-order valence-electron chi connectivity index (χ3n) is 3.01. The van der Waals surface area contributed by atoms with Crippen LogP contribution in [0.3, 0.4) is 0 Å². The quantitative estimate of drug-likeness (QED) is 0.498. The van der Waals surface area contributed by atoms with Gasteiger partial charge in [0.25, 0.3) is 0 Å². The molecule has 0 saturated carbocycles. The Labute approximate surface area is 139 Å². The van der Waals surface area contributed by atoms with Gasteiger partial charge < -0.3 is 14.8 Å². The molecule has 0 bridgehead atoms. The minimum Gasteiger partial charge on any atom is -0.497 e. The monoisotopic (exact) mass is 327 g/mol. The number of anilines is 1. The fraction of sp³-hybridized carbons (Fsp3) is 0.118. The Kier molecular flexibility index (Phi) is 5.90. The van der Waals surface area contributed by atoms with Crippen LogP contribution in [-0.4, -0.2) is 32.2 Å². The van der Waals surface area contributed by atoms with Crippen LogP contribution >= 0.6 is 0 Å². The lowest BCUT2D eigenvalue weighted by Crippen LogP contribution is -2.32. The van der Waals surface area contributed by atoms with Crippen LogP contribution in [0.4, 0.5) is 5.69 Å². The van der Waals surface area contributed by atoms with Gasteiger partial charge in [0.1, 0.15) is 11.5 Å². The second-order valence-electron chi connectivity index (χ2n) is 4.66. The van der Waals surface area contributed by atoms with Gasteiger partial charge in [-0.2, -0.15) is 5.10 Å². The maximum Gasteiger partial charge on any atom is 0.329 e. The highest BCUT2D eigenvalue weighted by Gasteiger charge is 2.13. The fourth-order valence-corrected chi connectivity index (χ4v) is 1.83. The first-order chi connectivity index (χ1) is 11.6. The van der Waals surface area contributed by atoms with Crippen molar-refractivity contribution >= 4 is 23.7 Å². The van der Waals surface area contributed by atoms with Crippen LogP contribution in [0, 0.1) is 0 Å². The third-order valence-corrected chi connectivity index (χ3v) is 3.01. The number of nitrogens with zero attached hydrogens (tertiary/aromatic N) is 1. The number of amides is 2. The Morgan fingerprint density at radius 3 is 2.33 bits per heavy atom. The topological polar surface area (TPSA) is 89.0 Å². The Morgan fingerprint density at radius 2 is 1.62 bits per heavy atom. The maximum absolute atomic E-state index is 11.8. The fourth-order valence-electron chi connectivity index (χ4n) is 1.83. The zero-order valence-corrected chi connectivity index (χ0v) is 13.3. The highest BCUT2D eigenvalue weighted by Crippen LogP contribution is 2.16. The van der Waals surface area contributed by atoms with Crippen molar-refractivity contribution in [3.8, 4) is 11.5 Å². The van der Waals surface area contributed by atoms with Gasteiger partial charge in [0.15, 0.2) is 0 Å². The summed E-state index contributed by atoms with van der Waals surface area (Å²) in [7, 11) is 3.07. The highest BCUT2D eigenvalue weighted by atomic mass is 16.5. The highest BCUT2D eigenvalue weighted by molar-refractivity contribution is 6.39. The van der Waals surface area contributed by atoms with E-state index >= 15 is 0 Å². The molecule has 2 amide bonds. The van der Waals surface area contributed by atoms with Crippen LogP contribution in [0.2, 0.25) is 0 Å². The predicted molar refractivity (Wildman–Crippen MR) is 90.4 cm³/mol. The molecule has 0 radical (unpaired) electrons. The van der Waals surface area contributed by atoms with Crippen molar-refractivity contribution in [3.05, 3.63) is 54.1 Å². The van der Waals surface area contributed by atoms with Crippen molar-refractivity contribution < 1.29 is 19.1 Å². The van der Waals surface area contributed by atoms with Gasteiger partial charge in [-0.25, -0.2) is 5.43 Å². The van der Waals surface area contributed by atoms with E-state index in [1.54, 1.807) is 55.6 Å². The molecule has 0 aliphatic heterocycles. The molecule has 0 atom stereocenters. The lowest BCUT2D eigenvalue weighted by atomic mass is 10.2. The molecule has 2 aromatic carbocycles. The number of rotatable bonds is 5. The van der Waals surface area contributed by atoms with Crippen molar-refractivity contribution in [1.82, 2.24) is 5.43 Å². The molecular formula is C17H17N3O4. The second kappa shape index (κ2) is 8.33. The largest absolute Gasteiger partial charge is 0.497 e. The van der Waals surface area contributed by atoms with E-state index in [-0.39, 0.29) is 0 Å². The lowest BCUT2D eigenvalue weighted by molar-refractivity contribution is -0.136. The Balaban J connectivity index is 1.91. The SMILES string of the molecule is COc1cccc(C=NNC(=O)C(=O)Nc2cccc(OC)c2)c1. The molecule has 0 fully saturated rings. The van der Waals surface area contributed by atoms with Crippen LogP contribution in [0.15, 0.2) is 53.6 Å². The summed E-state index contributed by atoms with van der Waals surface area (Å²) in [4.78, 5) is 23.5. The van der Waals surface area contributed by atoms with E-state index in [1.807, 2.05) is 0 Å². The molecule has 124 valence electrons. The van der Waals surface area contributed by atoms with Crippen molar-refractivity contribution in [2.24, 2.45) is 5.10 Å². The molecule has 0 spiro atoms. The molecule has 7 heteroatoms. The molecule has 0 unspecified atom stereocenters. The van der Waals surface area contributed by atoms with E-state index < -0.39 is 11.8 Å². The average Bonchev–Trinajstić information content (AvgIpc) is 2.62. The second-order valence-corrected chi connectivity index (χ2v) is 4.66. The Bertz CT molecular complexity index is 759. The molecule has 2 rings (SSSR count). The van der Waals surface area contributed by atoms with Crippen LogP contribution in [-0.2, 0) is 9.59 Å². The first kappa shape index (κ1) is 17.0. The van der Waals surface area contributed by atoms with Crippen molar-refractivity contribution in [3.63, 3.8) is 0 Å². The number of methoxy groups -OCH3 is 2. The smallest absolute Gasteiger partial charge is 0.329 e. The van der Waals surface area contributed by atoms with Gasteiger partial charge >= 0.3 is 11.8 Å². The van der Waals surface area contributed by atoms with Crippen LogP contribution in [0.25, 0.3) is 0 Å². The van der Waals surface area contributed by atoms with Gasteiger partial charge in [-0.15, -0.1) is 0 Å². The first-order valence-electron chi connectivity index (χ1n) is 7.05. The minimum absolute atomic E-state index is 0.450. The molecular weight excluding hydrogens is 310 g/mol. The Hall–Kier alpha value is -3.35. The molecule has 2 aromatic rings. The molecule has 0 saturated heterocycles. The van der Waals surface area contributed by atoms with Gasteiger partial charge in [0.05, 0.1) is 20.4 Å². The summed E-state index contributed by atoms with van der Waals surface area (Å²) in [5.74, 6) is -0.465. The van der Waals surface area contributed by atoms with Crippen molar-refractivity contribution in [1.29, 1.82) is 0 Å². The zero-order valence-electron chi connectivity index (χ0n) is 13.3. The molecule has 0 heterocycles. The predicted octanol–water partition coefficient (Wildman–Crippen LogP) is 1.79. The summed E-state index contributed by atoms with van der Waals surface area (Å²) in [6.45, 7) is 0. The minimum atomic E-state index is -0.878. The van der Waals surface area contributed by atoms with Gasteiger partial charge in [-0.05, 0) is 29.8 Å². The van der Waals surface area contributed by atoms with E-state index in [0.717, 1.165) is 5.56 Å². The van der Waals surface area contributed by atoms with Gasteiger partial charge in [-0.3, -0.25) is 9.59 Å². The number of benzene rings is 2. The van der Waals surface area contributed by atoms with Crippen LogP contribution < -0.4 is 20.2 Å². The van der Waals surface area contributed by atoms with Crippen molar-refractivity contribution in [2.45, 2.75) is 0 Å². The third kappa shape index (κ3) is 4.84. The summed E-state index contributed by atoms with van der Waals surface area (Å²) < 4.78 is 10.1. The van der Waals surface area contributed by atoms with Gasteiger partial charge in [0.2, 0.25) is 0 Å². The number of hydrogen-bond donors (Lipinski definition) is 2. The number of carbonyl (C=O) groups excluding carboxylic acids is 2. The van der Waals surface area contributed by atoms with E-state index in [0.29, 0.717) is 17.2 Å². The molecule has 0 aliphatic carbocycles. The van der Waals surface area contributed by atoms with Gasteiger partial charge in [-0.1, -0.05) is 18.2 Å². The average molecular weight is 327 g/mol. The molecule has 7 nitrogen and oxygen atoms in total. The van der Waals surface area contributed by atoms with E-state index in [9.17, 15) is 9.59 Å². The summed E-state index contributed by atoms with van der Waals surface area (Å²) in [6, 6.07) is 13.8. The van der Waals surface area contributed by atoms with E-state index in [2.05, 4.69) is 15.8 Å². The molecule has 0 aliphatic rings. The van der Waals surface area contributed by atoms with Crippen LogP contribution in [0.1, 0.15) is 5.56 Å². The lowest BCUT2D eigenvalue weighted by Gasteiger charge is -2.05. The molecule has 24 heavy (non-hydrogen) atoms. The zero-order chi connectivity index (χ0) is 17.4. The number of hydrazone groups is 1. The maximum atomic E-state index is 11.8. The summed E-state index contributed by atoms with van der Waals surface area (Å²) in [5.41, 5.74) is 3.34. The summed E-state index contributed by atoms with van der Waals surface area (Å²) in [6.07, 6.45) is 1.42. The Morgan fingerprint density at radius 1 is 0.958 bits per heavy atom. The molecule has 0 aromatic heterocycles.